The van der Waals surface area contributed by atoms with Crippen LogP contribution in [0.25, 0.3) is 10.9 Å². The maximum Gasteiger partial charge on any atom is 0.286 e. The Labute approximate surface area is 170 Å². The largest absolute Gasteiger partial charge is 0.457 e. The molecule has 0 radical (unpaired) electrons. The number of aryl methyl sites for hydroxylation is 1. The zero-order chi connectivity index (χ0) is 19.3. The van der Waals surface area contributed by atoms with E-state index in [2.05, 4.69) is 10.3 Å². The molecule has 1 fully saturated rings. The van der Waals surface area contributed by atoms with Gasteiger partial charge in [-0.3, -0.25) is 19.9 Å². The molecule has 2 heterocycles. The molecule has 0 spiro atoms. The molecule has 2 amide bonds. The van der Waals surface area contributed by atoms with Crippen molar-refractivity contribution in [2.75, 3.05) is 0 Å². The van der Waals surface area contributed by atoms with Gasteiger partial charge in [0.05, 0.1) is 5.52 Å². The van der Waals surface area contributed by atoms with Crippen LogP contribution < -0.4 is 10.1 Å². The highest BCUT2D eigenvalue weighted by Crippen LogP contribution is 2.43. The second-order valence-corrected chi connectivity index (χ2v) is 8.44. The molecule has 2 aliphatic rings. The molecule has 1 aliphatic carbocycles. The summed E-state index contributed by atoms with van der Waals surface area (Å²) in [4.78, 5) is 27.9. The van der Waals surface area contributed by atoms with E-state index in [0.717, 1.165) is 52.4 Å². The summed E-state index contributed by atoms with van der Waals surface area (Å²) in [5.74, 6) is 1.33. The van der Waals surface area contributed by atoms with Gasteiger partial charge in [0.2, 0.25) is 5.91 Å². The van der Waals surface area contributed by atoms with E-state index in [0.29, 0.717) is 10.8 Å². The van der Waals surface area contributed by atoms with E-state index < -0.39 is 0 Å². The first kappa shape index (κ1) is 17.5. The standard InChI is InChI=1S/C21H15ClN2O3S/c22-12-2-5-16-17(10-12)23-8-7-18(16)27-13-3-6-14-11(9-13)1-4-15(14)19-20(25)24-21(26)28-19/h2-3,5-10,15,19H,1,4H2,(H,24,25,26)/t15-,19?/m1/s1. The predicted molar refractivity (Wildman–Crippen MR) is 109 cm³/mol. The van der Waals surface area contributed by atoms with Crippen molar-refractivity contribution in [3.05, 3.63) is 64.8 Å². The van der Waals surface area contributed by atoms with Crippen molar-refractivity contribution in [3.63, 3.8) is 0 Å². The number of pyridine rings is 1. The molecule has 1 unspecified atom stereocenters. The van der Waals surface area contributed by atoms with E-state index >= 15 is 0 Å². The second kappa shape index (κ2) is 6.79. The molecule has 0 saturated carbocycles. The number of halogens is 1. The highest BCUT2D eigenvalue weighted by atomic mass is 35.5. The normalized spacial score (nSPS) is 21.0. The second-order valence-electron chi connectivity index (χ2n) is 6.89. The maximum absolute atomic E-state index is 12.0. The first-order valence-corrected chi connectivity index (χ1v) is 10.2. The van der Waals surface area contributed by atoms with Gasteiger partial charge in [-0.15, -0.1) is 0 Å². The van der Waals surface area contributed by atoms with Crippen molar-refractivity contribution in [1.82, 2.24) is 10.3 Å². The van der Waals surface area contributed by atoms with Crippen molar-refractivity contribution >= 4 is 45.4 Å². The van der Waals surface area contributed by atoms with Crippen molar-refractivity contribution in [3.8, 4) is 11.5 Å². The lowest BCUT2D eigenvalue weighted by Gasteiger charge is -2.16. The van der Waals surface area contributed by atoms with Gasteiger partial charge in [0, 0.05) is 22.5 Å². The first-order chi connectivity index (χ1) is 13.6. The summed E-state index contributed by atoms with van der Waals surface area (Å²) in [6.07, 6.45) is 3.42. The Balaban J connectivity index is 1.43. The predicted octanol–water partition coefficient (Wildman–Crippen LogP) is 5.06. The fourth-order valence-corrected chi connectivity index (χ4v) is 5.12. The Kier molecular flexibility index (Phi) is 4.25. The lowest BCUT2D eigenvalue weighted by atomic mass is 9.97. The van der Waals surface area contributed by atoms with Crippen LogP contribution in [0.2, 0.25) is 5.02 Å². The van der Waals surface area contributed by atoms with Crippen LogP contribution in [0, 0.1) is 0 Å². The summed E-state index contributed by atoms with van der Waals surface area (Å²) in [6, 6.07) is 13.3. The number of hydrogen-bond donors (Lipinski definition) is 1. The number of carbonyl (C=O) groups is 2. The quantitative estimate of drug-likeness (QED) is 0.653. The third-order valence-corrected chi connectivity index (χ3v) is 6.56. The van der Waals surface area contributed by atoms with Gasteiger partial charge < -0.3 is 4.74 Å². The monoisotopic (exact) mass is 410 g/mol. The molecular formula is C21H15ClN2O3S. The maximum atomic E-state index is 12.0. The van der Waals surface area contributed by atoms with Gasteiger partial charge in [-0.1, -0.05) is 29.4 Å². The van der Waals surface area contributed by atoms with Crippen LogP contribution in [0.4, 0.5) is 4.79 Å². The van der Waals surface area contributed by atoms with Crippen LogP contribution >= 0.6 is 23.4 Å². The minimum absolute atomic E-state index is 0.0596. The Bertz CT molecular complexity index is 1130. The molecule has 1 saturated heterocycles. The smallest absolute Gasteiger partial charge is 0.286 e. The van der Waals surface area contributed by atoms with E-state index in [4.69, 9.17) is 16.3 Å². The van der Waals surface area contributed by atoms with Crippen molar-refractivity contribution in [2.24, 2.45) is 0 Å². The Morgan fingerprint density at radius 1 is 1.14 bits per heavy atom. The van der Waals surface area contributed by atoms with E-state index in [-0.39, 0.29) is 22.3 Å². The number of fused-ring (bicyclic) bond motifs is 2. The average Bonchev–Trinajstić information content (AvgIpc) is 3.23. The number of thioether (sulfide) groups is 1. The minimum atomic E-state index is -0.339. The molecule has 0 bridgehead atoms. The van der Waals surface area contributed by atoms with Gasteiger partial charge >= 0.3 is 0 Å². The van der Waals surface area contributed by atoms with Crippen molar-refractivity contribution in [1.29, 1.82) is 0 Å². The molecule has 1 N–H and O–H groups in total. The molecular weight excluding hydrogens is 396 g/mol. The zero-order valence-corrected chi connectivity index (χ0v) is 16.2. The number of hydrogen-bond acceptors (Lipinski definition) is 5. The minimum Gasteiger partial charge on any atom is -0.457 e. The summed E-state index contributed by atoms with van der Waals surface area (Å²) < 4.78 is 6.13. The molecule has 3 aromatic rings. The highest BCUT2D eigenvalue weighted by molar-refractivity contribution is 8.15. The average molecular weight is 411 g/mol. The van der Waals surface area contributed by atoms with E-state index in [1.807, 2.05) is 42.5 Å². The summed E-state index contributed by atoms with van der Waals surface area (Å²) in [5, 5.41) is 3.31. The molecule has 1 aromatic heterocycles. The number of carbonyl (C=O) groups excluding carboxylic acids is 2. The summed E-state index contributed by atoms with van der Waals surface area (Å²) in [7, 11) is 0. The summed E-state index contributed by atoms with van der Waals surface area (Å²) in [5.41, 5.74) is 3.07. The van der Waals surface area contributed by atoms with Crippen LogP contribution in [-0.4, -0.2) is 21.4 Å². The van der Waals surface area contributed by atoms with Gasteiger partial charge in [0.25, 0.3) is 5.24 Å². The Morgan fingerprint density at radius 3 is 2.86 bits per heavy atom. The number of nitrogens with one attached hydrogen (secondary N) is 1. The van der Waals surface area contributed by atoms with Crippen LogP contribution in [0.1, 0.15) is 23.5 Å². The zero-order valence-electron chi connectivity index (χ0n) is 14.6. The van der Waals surface area contributed by atoms with E-state index in [9.17, 15) is 9.59 Å². The molecule has 2 atom stereocenters. The first-order valence-electron chi connectivity index (χ1n) is 8.95. The van der Waals surface area contributed by atoms with Crippen LogP contribution in [-0.2, 0) is 11.2 Å². The number of imide groups is 1. The van der Waals surface area contributed by atoms with Gasteiger partial charge in [-0.2, -0.15) is 0 Å². The third-order valence-electron chi connectivity index (χ3n) is 5.21. The molecule has 1 aliphatic heterocycles. The number of amides is 2. The highest BCUT2D eigenvalue weighted by Gasteiger charge is 2.41. The van der Waals surface area contributed by atoms with E-state index in [1.165, 1.54) is 0 Å². The van der Waals surface area contributed by atoms with E-state index in [1.54, 1.807) is 6.20 Å². The number of rotatable bonds is 3. The summed E-state index contributed by atoms with van der Waals surface area (Å²) >= 11 is 7.15. The van der Waals surface area contributed by atoms with Crippen LogP contribution in [0.3, 0.4) is 0 Å². The topological polar surface area (TPSA) is 68.3 Å². The number of nitrogens with zero attached hydrogens (tertiary/aromatic N) is 1. The SMILES string of the molecule is O=C1NC(=O)C([C@@H]2CCc3cc(Oc4ccnc5cc(Cl)ccc45)ccc32)S1. The molecule has 2 aromatic carbocycles. The molecule has 140 valence electrons. The lowest BCUT2D eigenvalue weighted by molar-refractivity contribution is -0.119. The Hall–Kier alpha value is -2.57. The van der Waals surface area contributed by atoms with Crippen molar-refractivity contribution in [2.45, 2.75) is 24.0 Å². The lowest BCUT2D eigenvalue weighted by Crippen LogP contribution is -2.27. The van der Waals surface area contributed by atoms with Gasteiger partial charge in [-0.25, -0.2) is 0 Å². The summed E-state index contributed by atoms with van der Waals surface area (Å²) in [6.45, 7) is 0. The number of ether oxygens (including phenoxy) is 1. The fourth-order valence-electron chi connectivity index (χ4n) is 3.95. The molecule has 5 rings (SSSR count). The van der Waals surface area contributed by atoms with Crippen molar-refractivity contribution < 1.29 is 14.3 Å². The van der Waals surface area contributed by atoms with Gasteiger partial charge in [0.1, 0.15) is 16.7 Å². The Morgan fingerprint density at radius 2 is 2.04 bits per heavy atom. The number of benzene rings is 2. The molecule has 28 heavy (non-hydrogen) atoms. The van der Waals surface area contributed by atoms with Gasteiger partial charge in [0.15, 0.2) is 0 Å². The van der Waals surface area contributed by atoms with Crippen LogP contribution in [0.15, 0.2) is 48.7 Å². The molecule has 7 heteroatoms. The third kappa shape index (κ3) is 3.02. The van der Waals surface area contributed by atoms with Gasteiger partial charge in [-0.05, 0) is 60.4 Å². The molecule has 5 nitrogen and oxygen atoms in total. The fraction of sp³-hybridized carbons (Fsp3) is 0.190. The number of aromatic nitrogens is 1. The van der Waals surface area contributed by atoms with Crippen LogP contribution in [0.5, 0.6) is 11.5 Å².